The van der Waals surface area contributed by atoms with Crippen LogP contribution in [0.25, 0.3) is 11.8 Å². The molecule has 0 atom stereocenters. The van der Waals surface area contributed by atoms with Crippen LogP contribution in [-0.4, -0.2) is 23.2 Å². The molecule has 114 valence electrons. The molecule has 2 aliphatic heterocycles. The Labute approximate surface area is 129 Å². The lowest BCUT2D eigenvalue weighted by atomic mass is 9.88. The summed E-state index contributed by atoms with van der Waals surface area (Å²) in [4.78, 5) is 3.31. The zero-order valence-electron chi connectivity index (χ0n) is 12.3. The van der Waals surface area contributed by atoms with Crippen LogP contribution in [0.3, 0.4) is 0 Å². The Kier molecular flexibility index (Phi) is 3.27. The molecule has 1 saturated heterocycles. The molecule has 0 amide bonds. The minimum Gasteiger partial charge on any atom is -0.507 e. The number of aromatic amines is 1. The lowest BCUT2D eigenvalue weighted by molar-refractivity contribution is 0.460. The number of piperidine rings is 1. The van der Waals surface area contributed by atoms with E-state index >= 15 is 0 Å². The smallest absolute Gasteiger partial charge is 0.129 e. The first-order valence-corrected chi connectivity index (χ1v) is 7.77. The molecule has 1 fully saturated rings. The third kappa shape index (κ3) is 2.23. The van der Waals surface area contributed by atoms with Gasteiger partial charge in [-0.2, -0.15) is 0 Å². The Balaban J connectivity index is 1.72. The van der Waals surface area contributed by atoms with Crippen molar-refractivity contribution in [1.29, 1.82) is 0 Å². The largest absolute Gasteiger partial charge is 0.507 e. The zero-order chi connectivity index (χ0) is 14.9. The van der Waals surface area contributed by atoms with E-state index in [1.807, 2.05) is 18.2 Å². The van der Waals surface area contributed by atoms with Gasteiger partial charge in [0.2, 0.25) is 0 Å². The number of nitrogens with one attached hydrogen (secondary N) is 4. The maximum Gasteiger partial charge on any atom is 0.129 e. The normalized spacial score (nSPS) is 18.1. The minimum atomic E-state index is 0.283. The van der Waals surface area contributed by atoms with Crippen LogP contribution in [0.5, 0.6) is 5.75 Å². The van der Waals surface area contributed by atoms with Crippen molar-refractivity contribution in [3.63, 3.8) is 0 Å². The molecular formula is C17H20N4O. The molecule has 0 bridgehead atoms. The van der Waals surface area contributed by atoms with Crippen LogP contribution in [0.1, 0.15) is 35.4 Å². The average Bonchev–Trinajstić information content (AvgIpc) is 2.99. The van der Waals surface area contributed by atoms with Gasteiger partial charge < -0.3 is 15.4 Å². The van der Waals surface area contributed by atoms with Crippen molar-refractivity contribution in [1.82, 2.24) is 15.7 Å². The topological polar surface area (TPSA) is 72.1 Å². The van der Waals surface area contributed by atoms with Crippen LogP contribution in [0.2, 0.25) is 0 Å². The quantitative estimate of drug-likeness (QED) is 0.591. The number of aromatic hydroxyl groups is 1. The van der Waals surface area contributed by atoms with Gasteiger partial charge in [-0.25, -0.2) is 0 Å². The molecule has 0 radical (unpaired) electrons. The summed E-state index contributed by atoms with van der Waals surface area (Å²) in [6.45, 7) is 2.15. The van der Waals surface area contributed by atoms with Crippen molar-refractivity contribution in [3.8, 4) is 5.75 Å². The fourth-order valence-corrected chi connectivity index (χ4v) is 3.34. The number of hydrazine groups is 1. The second kappa shape index (κ2) is 5.42. The lowest BCUT2D eigenvalue weighted by Gasteiger charge is -2.24. The van der Waals surface area contributed by atoms with Crippen LogP contribution in [0.4, 0.5) is 5.82 Å². The summed E-state index contributed by atoms with van der Waals surface area (Å²) in [7, 11) is 0. The van der Waals surface area contributed by atoms with Gasteiger partial charge >= 0.3 is 0 Å². The van der Waals surface area contributed by atoms with E-state index in [2.05, 4.69) is 33.4 Å². The molecule has 2 aliphatic rings. The number of benzene rings is 1. The highest BCUT2D eigenvalue weighted by Crippen LogP contribution is 2.36. The van der Waals surface area contributed by atoms with E-state index in [0.717, 1.165) is 43.0 Å². The van der Waals surface area contributed by atoms with Crippen molar-refractivity contribution in [2.75, 3.05) is 18.5 Å². The summed E-state index contributed by atoms with van der Waals surface area (Å²) in [5, 5.41) is 13.5. The number of rotatable bonds is 2. The summed E-state index contributed by atoms with van der Waals surface area (Å²) >= 11 is 0. The standard InChI is InChI=1S/C17H20N4O/c22-16-4-2-1-3-12(16)15-9-13-14(10-19-17(13)21-20-15)11-5-7-18-8-6-11/h1-4,9-11,18-22H,5-8H2. The van der Waals surface area contributed by atoms with Crippen molar-refractivity contribution < 1.29 is 5.11 Å². The molecule has 1 aromatic heterocycles. The number of hydrogen-bond acceptors (Lipinski definition) is 4. The number of hydrogen-bond donors (Lipinski definition) is 5. The maximum absolute atomic E-state index is 10.1. The van der Waals surface area contributed by atoms with Crippen molar-refractivity contribution >= 4 is 17.6 Å². The van der Waals surface area contributed by atoms with E-state index in [1.165, 1.54) is 11.1 Å². The molecule has 5 N–H and O–H groups in total. The Morgan fingerprint density at radius 1 is 1.05 bits per heavy atom. The number of fused-ring (bicyclic) bond motifs is 1. The van der Waals surface area contributed by atoms with E-state index < -0.39 is 0 Å². The molecule has 22 heavy (non-hydrogen) atoms. The minimum absolute atomic E-state index is 0.283. The van der Waals surface area contributed by atoms with E-state index in [1.54, 1.807) is 6.07 Å². The van der Waals surface area contributed by atoms with Gasteiger partial charge in [0, 0.05) is 17.3 Å². The summed E-state index contributed by atoms with van der Waals surface area (Å²) in [5.41, 5.74) is 10.6. The third-order valence-corrected chi connectivity index (χ3v) is 4.54. The second-order valence-electron chi connectivity index (χ2n) is 5.88. The molecule has 0 spiro atoms. The highest BCUT2D eigenvalue weighted by molar-refractivity contribution is 5.89. The van der Waals surface area contributed by atoms with E-state index in [0.29, 0.717) is 5.92 Å². The maximum atomic E-state index is 10.1. The molecule has 1 aromatic carbocycles. The van der Waals surface area contributed by atoms with Crippen molar-refractivity contribution in [2.45, 2.75) is 18.8 Å². The first kappa shape index (κ1) is 13.3. The van der Waals surface area contributed by atoms with Crippen molar-refractivity contribution in [2.24, 2.45) is 0 Å². The Hall–Kier alpha value is -2.40. The molecule has 0 aliphatic carbocycles. The second-order valence-corrected chi connectivity index (χ2v) is 5.88. The fraction of sp³-hybridized carbons (Fsp3) is 0.294. The average molecular weight is 296 g/mol. The van der Waals surface area contributed by atoms with Gasteiger partial charge in [-0.3, -0.25) is 10.9 Å². The van der Waals surface area contributed by atoms with Gasteiger partial charge in [-0.05, 0) is 55.6 Å². The van der Waals surface area contributed by atoms with Gasteiger partial charge in [0.05, 0.1) is 5.70 Å². The Morgan fingerprint density at radius 2 is 1.86 bits per heavy atom. The number of aromatic nitrogens is 1. The molecule has 2 aromatic rings. The van der Waals surface area contributed by atoms with E-state index in [9.17, 15) is 5.11 Å². The number of phenols is 1. The monoisotopic (exact) mass is 296 g/mol. The van der Waals surface area contributed by atoms with E-state index in [-0.39, 0.29) is 5.75 Å². The molecule has 3 heterocycles. The van der Waals surface area contributed by atoms with Gasteiger partial charge in [0.1, 0.15) is 11.6 Å². The van der Waals surface area contributed by atoms with Gasteiger partial charge in [-0.1, -0.05) is 12.1 Å². The molecule has 0 saturated carbocycles. The number of phenolic OH excluding ortho intramolecular Hbond substituents is 1. The predicted octanol–water partition coefficient (Wildman–Crippen LogP) is 2.62. The highest BCUT2D eigenvalue weighted by atomic mass is 16.3. The third-order valence-electron chi connectivity index (χ3n) is 4.54. The predicted molar refractivity (Wildman–Crippen MR) is 88.4 cm³/mol. The van der Waals surface area contributed by atoms with Gasteiger partial charge in [0.25, 0.3) is 0 Å². The number of para-hydroxylation sites is 1. The van der Waals surface area contributed by atoms with Crippen LogP contribution in [-0.2, 0) is 0 Å². The Morgan fingerprint density at radius 3 is 2.68 bits per heavy atom. The number of anilines is 1. The zero-order valence-corrected chi connectivity index (χ0v) is 12.3. The summed E-state index contributed by atoms with van der Waals surface area (Å²) in [6.07, 6.45) is 6.56. The molecular weight excluding hydrogens is 276 g/mol. The van der Waals surface area contributed by atoms with Crippen LogP contribution >= 0.6 is 0 Å². The first-order valence-electron chi connectivity index (χ1n) is 7.77. The SMILES string of the molecule is Oc1ccccc1C1=Cc2c(C3CCNCC3)c[nH]c2NN1. The van der Waals surface area contributed by atoms with Crippen LogP contribution in [0, 0.1) is 0 Å². The van der Waals surface area contributed by atoms with Crippen molar-refractivity contribution in [3.05, 3.63) is 47.2 Å². The lowest BCUT2D eigenvalue weighted by Crippen LogP contribution is -2.27. The fourth-order valence-electron chi connectivity index (χ4n) is 3.34. The molecule has 5 heteroatoms. The van der Waals surface area contributed by atoms with Gasteiger partial charge in [-0.15, -0.1) is 0 Å². The van der Waals surface area contributed by atoms with Crippen LogP contribution in [0.15, 0.2) is 30.5 Å². The summed E-state index contributed by atoms with van der Waals surface area (Å²) < 4.78 is 0. The molecule has 5 nitrogen and oxygen atoms in total. The summed E-state index contributed by atoms with van der Waals surface area (Å²) in [5.74, 6) is 1.86. The van der Waals surface area contributed by atoms with Gasteiger partial charge in [0.15, 0.2) is 0 Å². The molecule has 4 rings (SSSR count). The Bertz CT molecular complexity index is 713. The highest BCUT2D eigenvalue weighted by Gasteiger charge is 2.23. The first-order chi connectivity index (χ1) is 10.8. The molecule has 0 unspecified atom stereocenters. The van der Waals surface area contributed by atoms with Crippen LogP contribution < -0.4 is 16.2 Å². The number of H-pyrrole nitrogens is 1. The van der Waals surface area contributed by atoms with E-state index in [4.69, 9.17) is 0 Å². The summed E-state index contributed by atoms with van der Waals surface area (Å²) in [6, 6.07) is 7.38.